The molecular weight excluding hydrogens is 288 g/mol. The van der Waals surface area contributed by atoms with E-state index in [2.05, 4.69) is 32.5 Å². The van der Waals surface area contributed by atoms with Gasteiger partial charge in [0.15, 0.2) is 0 Å². The Labute approximate surface area is 140 Å². The highest BCUT2D eigenvalue weighted by atomic mass is 32.2. The van der Waals surface area contributed by atoms with E-state index in [4.69, 9.17) is 0 Å². The Kier molecular flexibility index (Phi) is 2.85. The van der Waals surface area contributed by atoms with Crippen LogP contribution in [0.5, 0.6) is 0 Å². The van der Waals surface area contributed by atoms with Crippen LogP contribution in [0.3, 0.4) is 0 Å². The molecule has 22 heavy (non-hydrogen) atoms. The van der Waals surface area contributed by atoms with Crippen molar-refractivity contribution in [3.8, 4) is 0 Å². The smallest absolute Gasteiger partial charge is 0.0675 e. The van der Waals surface area contributed by atoms with Crippen LogP contribution in [0.2, 0.25) is 0 Å². The first-order chi connectivity index (χ1) is 10.4. The molecular formula is C20H32OS. The number of fused-ring (bicyclic) bond motifs is 6. The summed E-state index contributed by atoms with van der Waals surface area (Å²) in [5.41, 5.74) is 0.413. The minimum Gasteiger partial charge on any atom is -0.390 e. The fourth-order valence-corrected chi connectivity index (χ4v) is 9.13. The zero-order valence-corrected chi connectivity index (χ0v) is 15.3. The fourth-order valence-electron chi connectivity index (χ4n) is 7.76. The van der Waals surface area contributed by atoms with Gasteiger partial charge in [-0.25, -0.2) is 0 Å². The summed E-state index contributed by atoms with van der Waals surface area (Å²) in [4.78, 5) is 0. The lowest BCUT2D eigenvalue weighted by molar-refractivity contribution is -0.143. The van der Waals surface area contributed by atoms with E-state index < -0.39 is 5.60 Å². The molecule has 0 aromatic carbocycles. The highest BCUT2D eigenvalue weighted by molar-refractivity contribution is 8.07. The van der Waals surface area contributed by atoms with Crippen LogP contribution in [0.1, 0.15) is 72.1 Å². The molecule has 0 amide bonds. The van der Waals surface area contributed by atoms with E-state index in [1.165, 1.54) is 44.9 Å². The van der Waals surface area contributed by atoms with E-state index in [9.17, 15) is 5.11 Å². The Hall–Kier alpha value is 0.310. The molecule has 0 aromatic rings. The van der Waals surface area contributed by atoms with Crippen molar-refractivity contribution in [1.29, 1.82) is 0 Å². The molecule has 4 aliphatic carbocycles. The summed E-state index contributed by atoms with van der Waals surface area (Å²) < 4.78 is 0. The molecule has 2 heteroatoms. The summed E-state index contributed by atoms with van der Waals surface area (Å²) in [6, 6.07) is 0. The second-order valence-corrected chi connectivity index (χ2v) is 11.6. The molecule has 9 atom stereocenters. The molecule has 1 saturated heterocycles. The summed E-state index contributed by atoms with van der Waals surface area (Å²) in [5, 5.41) is 13.0. The van der Waals surface area contributed by atoms with Crippen molar-refractivity contribution in [1.82, 2.24) is 0 Å². The Balaban J connectivity index is 1.48. The maximum absolute atomic E-state index is 11.0. The third-order valence-corrected chi connectivity index (χ3v) is 10.9. The highest BCUT2D eigenvalue weighted by Crippen LogP contribution is 2.71. The van der Waals surface area contributed by atoms with E-state index in [-0.39, 0.29) is 5.41 Å². The Bertz CT molecular complexity index is 502. The highest BCUT2D eigenvalue weighted by Gasteiger charge is 2.65. The molecule has 1 nitrogen and oxygen atoms in total. The molecule has 1 N–H and O–H groups in total. The quantitative estimate of drug-likeness (QED) is 0.642. The normalized spacial score (nSPS) is 66.0. The summed E-state index contributed by atoms with van der Waals surface area (Å²) in [6.07, 6.45) is 11.0. The monoisotopic (exact) mass is 320 g/mol. The van der Waals surface area contributed by atoms with Crippen molar-refractivity contribution in [2.75, 3.05) is 0 Å². The van der Waals surface area contributed by atoms with Gasteiger partial charge in [0.25, 0.3) is 0 Å². The van der Waals surface area contributed by atoms with Gasteiger partial charge in [-0.1, -0.05) is 13.8 Å². The lowest BCUT2D eigenvalue weighted by Gasteiger charge is -2.60. The zero-order valence-electron chi connectivity index (χ0n) is 14.5. The third-order valence-electron chi connectivity index (χ3n) is 9.47. The molecule has 124 valence electrons. The van der Waals surface area contributed by atoms with Crippen LogP contribution in [0, 0.1) is 34.5 Å². The predicted molar refractivity (Wildman–Crippen MR) is 92.9 cm³/mol. The number of hydrogen-bond donors (Lipinski definition) is 1. The standard InChI is InChI=1S/C20H32OS/c1-18-11-17-16(22-17)10-12(18)4-5-13-14(18)6-8-19(2)15(13)7-9-20(19,3)21/h12-17,21H,4-11H2,1-3H3. The number of thioether (sulfide) groups is 1. The summed E-state index contributed by atoms with van der Waals surface area (Å²) in [5.74, 6) is 3.68. The van der Waals surface area contributed by atoms with Crippen molar-refractivity contribution in [3.63, 3.8) is 0 Å². The summed E-state index contributed by atoms with van der Waals surface area (Å²) in [7, 11) is 0. The van der Waals surface area contributed by atoms with Gasteiger partial charge in [0.2, 0.25) is 0 Å². The third kappa shape index (κ3) is 1.67. The van der Waals surface area contributed by atoms with E-state index in [1.807, 2.05) is 0 Å². The van der Waals surface area contributed by atoms with Gasteiger partial charge < -0.3 is 5.11 Å². The maximum atomic E-state index is 11.0. The SMILES string of the molecule is CC12CC3SC3CC1CCC1C2CCC2(C)C1CCC2(C)O. The van der Waals surface area contributed by atoms with E-state index in [0.717, 1.165) is 40.6 Å². The second-order valence-electron chi connectivity index (χ2n) is 10.1. The largest absolute Gasteiger partial charge is 0.390 e. The fraction of sp³-hybridized carbons (Fsp3) is 1.00. The molecule has 1 aliphatic heterocycles. The predicted octanol–water partition coefficient (Wildman–Crippen LogP) is 4.87. The van der Waals surface area contributed by atoms with Crippen LogP contribution >= 0.6 is 11.8 Å². The lowest BCUT2D eigenvalue weighted by atomic mass is 9.44. The minimum atomic E-state index is -0.412. The van der Waals surface area contributed by atoms with Gasteiger partial charge in [0.1, 0.15) is 0 Å². The van der Waals surface area contributed by atoms with E-state index in [0.29, 0.717) is 5.41 Å². The minimum absolute atomic E-state index is 0.197. The van der Waals surface area contributed by atoms with Gasteiger partial charge in [-0.3, -0.25) is 0 Å². The molecule has 5 aliphatic rings. The van der Waals surface area contributed by atoms with Gasteiger partial charge in [-0.15, -0.1) is 0 Å². The number of hydrogen-bond acceptors (Lipinski definition) is 2. The molecule has 9 unspecified atom stereocenters. The van der Waals surface area contributed by atoms with Crippen molar-refractivity contribution in [3.05, 3.63) is 0 Å². The van der Waals surface area contributed by atoms with Crippen molar-refractivity contribution in [2.24, 2.45) is 34.5 Å². The Morgan fingerprint density at radius 2 is 1.68 bits per heavy atom. The molecule has 0 spiro atoms. The van der Waals surface area contributed by atoms with Gasteiger partial charge >= 0.3 is 0 Å². The van der Waals surface area contributed by atoms with Crippen LogP contribution in [0.25, 0.3) is 0 Å². The van der Waals surface area contributed by atoms with Crippen molar-refractivity contribution in [2.45, 2.75) is 88.2 Å². The first-order valence-corrected chi connectivity index (χ1v) is 10.7. The first-order valence-electron chi connectivity index (χ1n) is 9.73. The number of aliphatic hydroxyl groups is 1. The van der Waals surface area contributed by atoms with Crippen molar-refractivity contribution >= 4 is 11.8 Å². The average molecular weight is 321 g/mol. The van der Waals surface area contributed by atoms with Gasteiger partial charge in [-0.05, 0) is 92.8 Å². The van der Waals surface area contributed by atoms with Gasteiger partial charge in [-0.2, -0.15) is 11.8 Å². The number of rotatable bonds is 0. The Morgan fingerprint density at radius 1 is 0.909 bits per heavy atom. The molecule has 0 aromatic heterocycles. The average Bonchev–Trinajstić information content (AvgIpc) is 3.14. The molecule has 0 radical (unpaired) electrons. The van der Waals surface area contributed by atoms with Crippen LogP contribution < -0.4 is 0 Å². The van der Waals surface area contributed by atoms with E-state index in [1.54, 1.807) is 0 Å². The summed E-state index contributed by atoms with van der Waals surface area (Å²) in [6.45, 7) is 7.22. The Morgan fingerprint density at radius 3 is 2.50 bits per heavy atom. The van der Waals surface area contributed by atoms with Crippen LogP contribution in [0.15, 0.2) is 0 Å². The molecule has 1 heterocycles. The zero-order chi connectivity index (χ0) is 15.3. The van der Waals surface area contributed by atoms with Crippen molar-refractivity contribution < 1.29 is 5.11 Å². The van der Waals surface area contributed by atoms with Crippen LogP contribution in [-0.2, 0) is 0 Å². The first kappa shape index (κ1) is 14.6. The van der Waals surface area contributed by atoms with Gasteiger partial charge in [0, 0.05) is 10.5 Å². The second kappa shape index (κ2) is 4.28. The van der Waals surface area contributed by atoms with E-state index >= 15 is 0 Å². The molecule has 5 rings (SSSR count). The molecule has 4 saturated carbocycles. The van der Waals surface area contributed by atoms with Gasteiger partial charge in [0.05, 0.1) is 5.60 Å². The molecule has 0 bridgehead atoms. The van der Waals surface area contributed by atoms with Crippen LogP contribution in [-0.4, -0.2) is 21.2 Å². The topological polar surface area (TPSA) is 20.2 Å². The molecule has 5 fully saturated rings. The van der Waals surface area contributed by atoms with Crippen LogP contribution in [0.4, 0.5) is 0 Å². The maximum Gasteiger partial charge on any atom is 0.0675 e. The lowest BCUT2D eigenvalue weighted by Crippen LogP contribution is -2.56. The summed E-state index contributed by atoms with van der Waals surface area (Å²) >= 11 is 2.28.